The molecule has 4 aliphatic carbocycles. The molecule has 0 amide bonds. The summed E-state index contributed by atoms with van der Waals surface area (Å²) >= 11 is 32.4. The van der Waals surface area contributed by atoms with Crippen molar-refractivity contribution in [2.45, 2.75) is 224 Å². The molecule has 0 N–H and O–H groups in total. The van der Waals surface area contributed by atoms with Crippen LogP contribution in [0.2, 0.25) is 31.7 Å². The number of benzene rings is 6. The van der Waals surface area contributed by atoms with Crippen LogP contribution in [0, 0.1) is 53.4 Å². The topological polar surface area (TPSA) is 0 Å². The molecule has 0 spiro atoms. The van der Waals surface area contributed by atoms with Crippen molar-refractivity contribution in [1.29, 1.82) is 0 Å². The smallest absolute Gasteiger partial charge is 0.0134 e. The van der Waals surface area contributed by atoms with Crippen LogP contribution in [0.1, 0.15) is 193 Å². The molecule has 0 saturated heterocycles. The van der Waals surface area contributed by atoms with Crippen LogP contribution in [-0.2, 0) is 58.2 Å². The molecule has 0 aliphatic heterocycles. The summed E-state index contributed by atoms with van der Waals surface area (Å²) in [5, 5.41) is 8.39. The van der Waals surface area contributed by atoms with Gasteiger partial charge in [0.2, 0.25) is 20.8 Å². The number of hydrogen-bond donors (Lipinski definition) is 0. The third-order valence-corrected chi connectivity index (χ3v) is 27.1. The molecular formula is C83H126Cl12P2PtSi3Zr2. The van der Waals surface area contributed by atoms with Gasteiger partial charge in [-0.2, -0.15) is 22.2 Å². The Kier molecular flexibility index (Phi) is 83.3. The Morgan fingerprint density at radius 1 is 0.369 bits per heavy atom. The van der Waals surface area contributed by atoms with E-state index in [0.29, 0.717) is 0 Å². The fraction of sp³-hybridized carbons (Fsp3) is 0.470. The van der Waals surface area contributed by atoms with Crippen LogP contribution in [0.4, 0.5) is 0 Å². The van der Waals surface area contributed by atoms with Crippen molar-refractivity contribution in [3.05, 3.63) is 237 Å². The Labute approximate surface area is 721 Å². The fourth-order valence-electron chi connectivity index (χ4n) is 12.7. The minimum atomic E-state index is -1.79. The van der Waals surface area contributed by atoms with E-state index < -0.39 is 94.8 Å². The number of unbranched alkanes of at least 4 members (excludes halogenated alkanes) is 6. The van der Waals surface area contributed by atoms with Gasteiger partial charge in [0, 0.05) is 0 Å². The SMILES string of the molecule is C=CCCCC1CCCC1.C=CCCCC1CCCC1.C[SiH](Cl)Cl.C[Si](Cl)(Cl)CCCCCC1CCCC1.C[Si](Cl)(Cl)CCCCCC1CCCC1.[CH3-].[CH3-].[CH3-].[CH3-].[Cl][Pt][Cl].[Cl][Zr+2][Cl].[Cl][Zr+2][Cl].c1ccc(P(c2ccccc2)c2ccccc2)cc1.c1ccc(P(c2ccccc2)c2ccccc2)cc1. The molecule has 6 aromatic rings. The molecule has 0 nitrogen and oxygen atoms in total. The third kappa shape index (κ3) is 64.2. The summed E-state index contributed by atoms with van der Waals surface area (Å²) in [6.45, 7) is 9.74. The molecule has 0 bridgehead atoms. The van der Waals surface area contributed by atoms with Crippen molar-refractivity contribution >= 4 is 188 Å². The summed E-state index contributed by atoms with van der Waals surface area (Å²) < 4.78 is 0. The molecule has 6 aromatic carbocycles. The molecule has 4 fully saturated rings. The van der Waals surface area contributed by atoms with Crippen molar-refractivity contribution in [2.75, 3.05) is 0 Å². The Morgan fingerprint density at radius 2 is 0.534 bits per heavy atom. The Morgan fingerprint density at radius 3 is 0.689 bits per heavy atom. The second kappa shape index (κ2) is 76.9. The van der Waals surface area contributed by atoms with Gasteiger partial charge in [-0.25, -0.2) is 0 Å². The number of halogens is 12. The summed E-state index contributed by atoms with van der Waals surface area (Å²) in [4.78, 5) is 0. The van der Waals surface area contributed by atoms with E-state index in [-0.39, 0.29) is 29.7 Å². The predicted octanol–water partition coefficient (Wildman–Crippen LogP) is 31.8. The fourth-order valence-corrected chi connectivity index (χ4v) is 20.7. The zero-order valence-corrected chi connectivity index (χ0v) is 84.4. The number of hydrogen-bond acceptors (Lipinski definition) is 0. The molecule has 0 radical (unpaired) electrons. The summed E-state index contributed by atoms with van der Waals surface area (Å²) in [7, 11) is 27.4. The molecule has 10 rings (SSSR count). The van der Waals surface area contributed by atoms with Crippen LogP contribution in [0.5, 0.6) is 0 Å². The Balaban J connectivity index is -0.000000554. The van der Waals surface area contributed by atoms with Gasteiger partial charge in [0.05, 0.1) is 0 Å². The van der Waals surface area contributed by atoms with Crippen LogP contribution in [0.3, 0.4) is 0 Å². The van der Waals surface area contributed by atoms with Gasteiger partial charge >= 0.3 is 111 Å². The van der Waals surface area contributed by atoms with Gasteiger partial charge in [-0.15, -0.1) is 57.5 Å². The average Bonchev–Trinajstić information content (AvgIpc) is 1.46. The Bertz CT molecular complexity index is 2320. The van der Waals surface area contributed by atoms with E-state index in [1.165, 1.54) is 224 Å². The van der Waals surface area contributed by atoms with Gasteiger partial charge in [0.25, 0.3) is 0 Å². The van der Waals surface area contributed by atoms with Crippen LogP contribution in [0.25, 0.3) is 0 Å². The average molecular weight is 2070 g/mol. The summed E-state index contributed by atoms with van der Waals surface area (Å²) in [5.41, 5.74) is 0. The molecule has 0 unspecified atom stereocenters. The van der Waals surface area contributed by atoms with Crippen molar-refractivity contribution in [3.63, 3.8) is 0 Å². The molecule has 0 heterocycles. The first-order valence-corrected chi connectivity index (χ1v) is 70.9. The summed E-state index contributed by atoms with van der Waals surface area (Å²) in [6, 6.07) is 66.8. The van der Waals surface area contributed by atoms with Crippen molar-refractivity contribution in [3.8, 4) is 0 Å². The van der Waals surface area contributed by atoms with Gasteiger partial charge in [-0.05, 0) is 129 Å². The van der Waals surface area contributed by atoms with Gasteiger partial charge in [0.15, 0.2) is 0 Å². The first-order chi connectivity index (χ1) is 47.9. The van der Waals surface area contributed by atoms with Gasteiger partial charge in [0.1, 0.15) is 0 Å². The quantitative estimate of drug-likeness (QED) is 0.0127. The van der Waals surface area contributed by atoms with Crippen LogP contribution in [-0.4, -0.2) is 20.8 Å². The predicted molar refractivity (Wildman–Crippen MR) is 485 cm³/mol. The molecule has 0 atom stereocenters. The first kappa shape index (κ1) is 112. The molecule has 0 aromatic heterocycles. The molecule has 4 aliphatic rings. The van der Waals surface area contributed by atoms with Crippen LogP contribution >= 0.6 is 135 Å². The largest absolute Gasteiger partial charge is 0.0622 e. The van der Waals surface area contributed by atoms with Gasteiger partial charge in [-0.3, -0.25) is 0 Å². The maximum atomic E-state index is 6.04. The summed E-state index contributed by atoms with van der Waals surface area (Å²) in [5.74, 6) is 4.23. The second-order valence-electron chi connectivity index (χ2n) is 25.8. The molecule has 582 valence electrons. The van der Waals surface area contributed by atoms with Crippen molar-refractivity contribution in [2.24, 2.45) is 23.7 Å². The van der Waals surface area contributed by atoms with Gasteiger partial charge in [-0.1, -0.05) is 361 Å². The monoisotopic (exact) mass is 2060 g/mol. The molecular weight excluding hydrogens is 1950 g/mol. The van der Waals surface area contributed by atoms with Crippen molar-refractivity contribution in [1.82, 2.24) is 0 Å². The molecule has 4 saturated carbocycles. The zero-order valence-electron chi connectivity index (χ0n) is 63.1. The summed E-state index contributed by atoms with van der Waals surface area (Å²) in [6.07, 6.45) is 46.7. The zero-order chi connectivity index (χ0) is 72.9. The van der Waals surface area contributed by atoms with E-state index >= 15 is 0 Å². The first-order valence-electron chi connectivity index (χ1n) is 35.8. The van der Waals surface area contributed by atoms with Gasteiger partial charge < -0.3 is 29.7 Å². The molecule has 20 heteroatoms. The van der Waals surface area contributed by atoms with E-state index in [1.54, 1.807) is 0 Å². The minimum Gasteiger partial charge on any atom is -0.0622 e. The van der Waals surface area contributed by atoms with E-state index in [0.717, 1.165) is 35.8 Å². The van der Waals surface area contributed by atoms with E-state index in [1.807, 2.05) is 31.8 Å². The standard InChI is InChI=1S/2C18H15P.2C11H22Cl2Si.2C10H18.CH4Cl2Si.4CH3.6ClH.Pt.2Zr/c2*1-4-10-16(11-5-1)19(17-12-6-2-7-13-17)18-14-8-3-9-15-18;2*1-14(12,13)10-6-2-3-7-11-8-4-5-9-11;2*1-2-3-4-7-10-8-5-6-9-10;1-4(2)3;;;;;;;;;;;;;/h2*1-15H;2*11H,2-10H2,1H3;2*2,10H,1,3-9H2;4H,1H3;4*1H3;6*1H;;;/q;;;;;;;4*-1;;;;;;;+2;2*+4/p-6. The van der Waals surface area contributed by atoms with E-state index in [2.05, 4.69) is 195 Å². The van der Waals surface area contributed by atoms with E-state index in [9.17, 15) is 0 Å². The van der Waals surface area contributed by atoms with Crippen LogP contribution in [0.15, 0.2) is 207 Å². The number of allylic oxidation sites excluding steroid dienone is 2. The van der Waals surface area contributed by atoms with Crippen LogP contribution < -0.4 is 31.8 Å². The van der Waals surface area contributed by atoms with Crippen molar-refractivity contribution < 1.29 is 58.2 Å². The Hall–Kier alpha value is 2.25. The maximum Gasteiger partial charge on any atom is -0.0134 e. The second-order valence-corrected chi connectivity index (χ2v) is 63.0. The molecule has 103 heavy (non-hydrogen) atoms. The van der Waals surface area contributed by atoms with E-state index in [4.69, 9.17) is 119 Å². The number of rotatable bonds is 26. The third-order valence-electron chi connectivity index (χ3n) is 17.5. The maximum absolute atomic E-state index is 6.04. The minimum absolute atomic E-state index is 0. The normalized spacial score (nSPS) is 13.7.